The molecule has 6 nitrogen and oxygen atoms in total. The molecule has 0 radical (unpaired) electrons. The monoisotopic (exact) mass is 238 g/mol. The Hall–Kier alpha value is -1.66. The van der Waals surface area contributed by atoms with Crippen LogP contribution in [0.15, 0.2) is 18.3 Å². The number of aliphatic hydroxyl groups is 1. The molecular formula is C11H14N2O4. The number of anilines is 1. The van der Waals surface area contributed by atoms with Gasteiger partial charge in [-0.1, -0.05) is 0 Å². The Labute approximate surface area is 98.5 Å². The number of aliphatic hydroxyl groups excluding tert-OH is 1. The molecule has 2 unspecified atom stereocenters. The number of rotatable bonds is 3. The first-order valence-electron chi connectivity index (χ1n) is 5.27. The van der Waals surface area contributed by atoms with Crippen molar-refractivity contribution in [3.63, 3.8) is 0 Å². The van der Waals surface area contributed by atoms with Crippen LogP contribution in [0.2, 0.25) is 0 Å². The largest absolute Gasteiger partial charge is 0.478 e. The molecular weight excluding hydrogens is 224 g/mol. The maximum atomic E-state index is 11.1. The SMILES string of the molecule is COC1CN(c2ncccc2C(=O)O)CC1O. The molecule has 6 heteroatoms. The molecule has 0 aromatic carbocycles. The van der Waals surface area contributed by atoms with E-state index in [4.69, 9.17) is 9.84 Å². The Kier molecular flexibility index (Phi) is 3.26. The molecule has 2 rings (SSSR count). The van der Waals surface area contributed by atoms with E-state index in [2.05, 4.69) is 4.98 Å². The summed E-state index contributed by atoms with van der Waals surface area (Å²) in [6.07, 6.45) is 0.608. The molecule has 0 bridgehead atoms. The molecule has 1 aromatic heterocycles. The first kappa shape index (κ1) is 11.8. The van der Waals surface area contributed by atoms with Crippen molar-refractivity contribution in [2.75, 3.05) is 25.1 Å². The van der Waals surface area contributed by atoms with Crippen molar-refractivity contribution in [3.8, 4) is 0 Å². The molecule has 0 spiro atoms. The second-order valence-electron chi connectivity index (χ2n) is 3.93. The fourth-order valence-corrected chi connectivity index (χ4v) is 1.98. The Morgan fingerprint density at radius 3 is 2.94 bits per heavy atom. The Morgan fingerprint density at radius 1 is 1.59 bits per heavy atom. The van der Waals surface area contributed by atoms with Crippen LogP contribution in [0, 0.1) is 0 Å². The van der Waals surface area contributed by atoms with Gasteiger partial charge in [0.05, 0.1) is 6.10 Å². The van der Waals surface area contributed by atoms with Gasteiger partial charge in [0.15, 0.2) is 0 Å². The van der Waals surface area contributed by atoms with Crippen LogP contribution in [0.1, 0.15) is 10.4 Å². The van der Waals surface area contributed by atoms with Gasteiger partial charge in [0.1, 0.15) is 17.5 Å². The maximum absolute atomic E-state index is 11.1. The molecule has 1 fully saturated rings. The molecule has 1 saturated heterocycles. The molecule has 92 valence electrons. The third-order valence-corrected chi connectivity index (χ3v) is 2.86. The van der Waals surface area contributed by atoms with Gasteiger partial charge >= 0.3 is 5.97 Å². The number of hydrogen-bond acceptors (Lipinski definition) is 5. The van der Waals surface area contributed by atoms with E-state index in [1.54, 1.807) is 11.0 Å². The number of nitrogens with zero attached hydrogens (tertiary/aromatic N) is 2. The van der Waals surface area contributed by atoms with Crippen LogP contribution in [0.5, 0.6) is 0 Å². The van der Waals surface area contributed by atoms with E-state index in [9.17, 15) is 9.90 Å². The third kappa shape index (κ3) is 2.22. The number of β-amino-alcohol motifs (C(OH)–C–C–N with tert-alkyl or cyclic N) is 1. The van der Waals surface area contributed by atoms with Crippen molar-refractivity contribution in [1.82, 2.24) is 4.98 Å². The summed E-state index contributed by atoms with van der Waals surface area (Å²) in [7, 11) is 1.52. The van der Waals surface area contributed by atoms with E-state index in [-0.39, 0.29) is 11.7 Å². The molecule has 1 aliphatic heterocycles. The summed E-state index contributed by atoms with van der Waals surface area (Å²) in [5.74, 6) is -0.651. The Morgan fingerprint density at radius 2 is 2.35 bits per heavy atom. The summed E-state index contributed by atoms with van der Waals surface area (Å²) in [4.78, 5) is 16.8. The Balaban J connectivity index is 2.27. The zero-order valence-electron chi connectivity index (χ0n) is 9.41. The molecule has 17 heavy (non-hydrogen) atoms. The zero-order valence-corrected chi connectivity index (χ0v) is 9.41. The predicted molar refractivity (Wildman–Crippen MR) is 60.2 cm³/mol. The van der Waals surface area contributed by atoms with Crippen LogP contribution >= 0.6 is 0 Å². The van der Waals surface area contributed by atoms with Gasteiger partial charge in [0.25, 0.3) is 0 Å². The quantitative estimate of drug-likeness (QED) is 0.769. The third-order valence-electron chi connectivity index (χ3n) is 2.86. The lowest BCUT2D eigenvalue weighted by Crippen LogP contribution is -2.25. The van der Waals surface area contributed by atoms with Crippen LogP contribution in [-0.2, 0) is 4.74 Å². The standard InChI is InChI=1S/C11H14N2O4/c1-17-9-6-13(5-8(9)14)10-7(11(15)16)3-2-4-12-10/h2-4,8-9,14H,5-6H2,1H3,(H,15,16). The summed E-state index contributed by atoms with van der Waals surface area (Å²) >= 11 is 0. The molecule has 2 N–H and O–H groups in total. The lowest BCUT2D eigenvalue weighted by Gasteiger charge is -2.18. The molecule has 1 aromatic rings. The first-order valence-corrected chi connectivity index (χ1v) is 5.27. The number of aromatic nitrogens is 1. The molecule has 2 heterocycles. The van der Waals surface area contributed by atoms with Gasteiger partial charge in [-0.05, 0) is 12.1 Å². The number of carbonyl (C=O) groups is 1. The molecule has 2 atom stereocenters. The van der Waals surface area contributed by atoms with Crippen LogP contribution < -0.4 is 4.90 Å². The highest BCUT2D eigenvalue weighted by Crippen LogP contribution is 2.23. The van der Waals surface area contributed by atoms with Crippen LogP contribution in [0.25, 0.3) is 0 Å². The Bertz CT molecular complexity index is 424. The van der Waals surface area contributed by atoms with Gasteiger partial charge < -0.3 is 19.8 Å². The lowest BCUT2D eigenvalue weighted by atomic mass is 10.2. The van der Waals surface area contributed by atoms with Crippen molar-refractivity contribution in [1.29, 1.82) is 0 Å². The number of carboxylic acid groups (broad SMARTS) is 1. The van der Waals surface area contributed by atoms with Crippen molar-refractivity contribution in [3.05, 3.63) is 23.9 Å². The van der Waals surface area contributed by atoms with E-state index < -0.39 is 12.1 Å². The van der Waals surface area contributed by atoms with E-state index >= 15 is 0 Å². The summed E-state index contributed by atoms with van der Waals surface area (Å²) in [5, 5.41) is 18.8. The summed E-state index contributed by atoms with van der Waals surface area (Å²) < 4.78 is 5.11. The van der Waals surface area contributed by atoms with Gasteiger partial charge in [0, 0.05) is 26.4 Å². The fraction of sp³-hybridized carbons (Fsp3) is 0.455. The van der Waals surface area contributed by atoms with Crippen molar-refractivity contribution < 1.29 is 19.7 Å². The summed E-state index contributed by atoms with van der Waals surface area (Å²) in [5.41, 5.74) is 0.136. The first-order chi connectivity index (χ1) is 8.13. The average Bonchev–Trinajstić information content (AvgIpc) is 2.70. The second kappa shape index (κ2) is 4.68. The molecule has 1 aliphatic rings. The van der Waals surface area contributed by atoms with Gasteiger partial charge in [-0.3, -0.25) is 0 Å². The van der Waals surface area contributed by atoms with Crippen molar-refractivity contribution in [2.24, 2.45) is 0 Å². The van der Waals surface area contributed by atoms with Gasteiger partial charge in [-0.2, -0.15) is 0 Å². The second-order valence-corrected chi connectivity index (χ2v) is 3.93. The number of ether oxygens (including phenoxy) is 1. The highest BCUT2D eigenvalue weighted by molar-refractivity contribution is 5.93. The molecule has 0 saturated carbocycles. The smallest absolute Gasteiger partial charge is 0.339 e. The van der Waals surface area contributed by atoms with Gasteiger partial charge in [0.2, 0.25) is 0 Å². The average molecular weight is 238 g/mol. The van der Waals surface area contributed by atoms with Gasteiger partial charge in [-0.15, -0.1) is 0 Å². The number of hydrogen-bond donors (Lipinski definition) is 2. The predicted octanol–water partition coefficient (Wildman–Crippen LogP) is -0.0243. The number of carboxylic acids is 1. The summed E-state index contributed by atoms with van der Waals surface area (Å²) in [6, 6.07) is 3.07. The normalized spacial score (nSPS) is 24.0. The van der Waals surface area contributed by atoms with Crippen LogP contribution in [-0.4, -0.2) is 53.6 Å². The van der Waals surface area contributed by atoms with Crippen molar-refractivity contribution >= 4 is 11.8 Å². The lowest BCUT2D eigenvalue weighted by molar-refractivity contribution is 0.0217. The summed E-state index contributed by atoms with van der Waals surface area (Å²) in [6.45, 7) is 0.769. The number of methoxy groups -OCH3 is 1. The minimum Gasteiger partial charge on any atom is -0.478 e. The van der Waals surface area contributed by atoms with E-state index in [0.29, 0.717) is 18.9 Å². The molecule has 0 amide bonds. The molecule has 0 aliphatic carbocycles. The number of aromatic carboxylic acids is 1. The fourth-order valence-electron chi connectivity index (χ4n) is 1.98. The van der Waals surface area contributed by atoms with E-state index in [1.165, 1.54) is 19.4 Å². The highest BCUT2D eigenvalue weighted by Gasteiger charge is 2.33. The highest BCUT2D eigenvalue weighted by atomic mass is 16.5. The minimum absolute atomic E-state index is 0.136. The topological polar surface area (TPSA) is 82.9 Å². The van der Waals surface area contributed by atoms with E-state index in [1.807, 2.05) is 0 Å². The van der Waals surface area contributed by atoms with Crippen LogP contribution in [0.3, 0.4) is 0 Å². The number of pyridine rings is 1. The zero-order chi connectivity index (χ0) is 12.4. The maximum Gasteiger partial charge on any atom is 0.339 e. The van der Waals surface area contributed by atoms with E-state index in [0.717, 1.165) is 0 Å². The van der Waals surface area contributed by atoms with Gasteiger partial charge in [-0.25, -0.2) is 9.78 Å². The van der Waals surface area contributed by atoms with Crippen molar-refractivity contribution in [2.45, 2.75) is 12.2 Å². The minimum atomic E-state index is -1.02. The van der Waals surface area contributed by atoms with Crippen LogP contribution in [0.4, 0.5) is 5.82 Å².